The molecule has 1 aromatic carbocycles. The van der Waals surface area contributed by atoms with Gasteiger partial charge in [0.25, 0.3) is 0 Å². The van der Waals surface area contributed by atoms with E-state index >= 15 is 0 Å². The Morgan fingerprint density at radius 1 is 1.30 bits per heavy atom. The SMILES string of the molecule is CCCNCc1nnc(NCc2ccc(F)c(Cl)c2)o1. The molecular weight excluding hydrogens is 283 g/mol. The lowest BCUT2D eigenvalue weighted by molar-refractivity contribution is 0.477. The summed E-state index contributed by atoms with van der Waals surface area (Å²) >= 11 is 5.71. The molecule has 0 saturated carbocycles. The van der Waals surface area contributed by atoms with Crippen LogP contribution in [0.15, 0.2) is 22.6 Å². The van der Waals surface area contributed by atoms with Gasteiger partial charge in [-0.2, -0.15) is 0 Å². The van der Waals surface area contributed by atoms with E-state index in [1.807, 2.05) is 0 Å². The summed E-state index contributed by atoms with van der Waals surface area (Å²) in [5, 5.41) is 14.0. The molecule has 2 aromatic rings. The Morgan fingerprint density at radius 2 is 2.15 bits per heavy atom. The average Bonchev–Trinajstić information content (AvgIpc) is 2.88. The number of hydrogen-bond acceptors (Lipinski definition) is 5. The third kappa shape index (κ3) is 4.18. The standard InChI is InChI=1S/C13H16ClFN4O/c1-2-5-16-8-12-18-19-13(20-12)17-7-9-3-4-11(15)10(14)6-9/h3-4,6,16H,2,5,7-8H2,1H3,(H,17,19). The number of nitrogens with one attached hydrogen (secondary N) is 2. The maximum Gasteiger partial charge on any atom is 0.315 e. The molecule has 5 nitrogen and oxygen atoms in total. The lowest BCUT2D eigenvalue weighted by Gasteiger charge is -2.03. The van der Waals surface area contributed by atoms with Gasteiger partial charge >= 0.3 is 6.01 Å². The smallest absolute Gasteiger partial charge is 0.315 e. The Bertz CT molecular complexity index is 561. The van der Waals surface area contributed by atoms with Gasteiger partial charge in [0.1, 0.15) is 5.82 Å². The van der Waals surface area contributed by atoms with Crippen molar-refractivity contribution < 1.29 is 8.81 Å². The molecule has 0 saturated heterocycles. The third-order valence-electron chi connectivity index (χ3n) is 2.60. The molecular formula is C13H16ClFN4O. The molecule has 1 aromatic heterocycles. The minimum absolute atomic E-state index is 0.0966. The highest BCUT2D eigenvalue weighted by atomic mass is 35.5. The topological polar surface area (TPSA) is 63.0 Å². The minimum atomic E-state index is -0.433. The van der Waals surface area contributed by atoms with E-state index in [0.29, 0.717) is 25.0 Å². The van der Waals surface area contributed by atoms with Crippen molar-refractivity contribution in [1.29, 1.82) is 0 Å². The quantitative estimate of drug-likeness (QED) is 0.770. The second-order valence-corrected chi connectivity index (χ2v) is 4.69. The van der Waals surface area contributed by atoms with Gasteiger partial charge in [0.2, 0.25) is 5.89 Å². The molecule has 0 radical (unpaired) electrons. The van der Waals surface area contributed by atoms with Crippen LogP contribution in [0.4, 0.5) is 10.4 Å². The van der Waals surface area contributed by atoms with Crippen molar-refractivity contribution in [3.05, 3.63) is 40.5 Å². The lowest BCUT2D eigenvalue weighted by Crippen LogP contribution is -2.13. The number of rotatable bonds is 7. The van der Waals surface area contributed by atoms with Crippen molar-refractivity contribution in [2.45, 2.75) is 26.4 Å². The highest BCUT2D eigenvalue weighted by Crippen LogP contribution is 2.17. The largest absolute Gasteiger partial charge is 0.407 e. The van der Waals surface area contributed by atoms with Gasteiger partial charge in [0.15, 0.2) is 0 Å². The first-order valence-corrected chi connectivity index (χ1v) is 6.77. The zero-order chi connectivity index (χ0) is 14.4. The minimum Gasteiger partial charge on any atom is -0.407 e. The molecule has 0 bridgehead atoms. The Hall–Kier alpha value is -1.66. The van der Waals surface area contributed by atoms with E-state index in [0.717, 1.165) is 18.5 Å². The van der Waals surface area contributed by atoms with Gasteiger partial charge in [-0.05, 0) is 30.7 Å². The van der Waals surface area contributed by atoms with Gasteiger partial charge in [-0.25, -0.2) is 4.39 Å². The molecule has 0 amide bonds. The van der Waals surface area contributed by atoms with Crippen LogP contribution >= 0.6 is 11.6 Å². The molecule has 0 spiro atoms. The first-order chi connectivity index (χ1) is 9.69. The summed E-state index contributed by atoms with van der Waals surface area (Å²) in [6, 6.07) is 4.87. The van der Waals surface area contributed by atoms with Crippen LogP contribution in [0.25, 0.3) is 0 Å². The summed E-state index contributed by atoms with van der Waals surface area (Å²) in [5.41, 5.74) is 0.834. The molecule has 0 atom stereocenters. The Balaban J connectivity index is 1.85. The van der Waals surface area contributed by atoms with Crippen molar-refractivity contribution in [1.82, 2.24) is 15.5 Å². The molecule has 2 rings (SSSR count). The van der Waals surface area contributed by atoms with Crippen LogP contribution < -0.4 is 10.6 Å². The van der Waals surface area contributed by atoms with E-state index in [9.17, 15) is 4.39 Å². The van der Waals surface area contributed by atoms with E-state index in [4.69, 9.17) is 16.0 Å². The normalized spacial score (nSPS) is 10.8. The number of hydrogen-bond donors (Lipinski definition) is 2. The predicted molar refractivity (Wildman–Crippen MR) is 75.0 cm³/mol. The van der Waals surface area contributed by atoms with Gasteiger partial charge in [-0.1, -0.05) is 29.7 Å². The van der Waals surface area contributed by atoms with Crippen LogP contribution in [0.3, 0.4) is 0 Å². The molecule has 108 valence electrons. The number of halogens is 2. The van der Waals surface area contributed by atoms with Crippen molar-refractivity contribution in [2.24, 2.45) is 0 Å². The highest BCUT2D eigenvalue weighted by molar-refractivity contribution is 6.30. The van der Waals surface area contributed by atoms with Crippen LogP contribution in [0.1, 0.15) is 24.8 Å². The molecule has 1 heterocycles. The maximum atomic E-state index is 13.0. The fourth-order valence-corrected chi connectivity index (χ4v) is 1.80. The zero-order valence-electron chi connectivity index (χ0n) is 11.1. The number of benzene rings is 1. The van der Waals surface area contributed by atoms with Crippen LogP contribution in [0.5, 0.6) is 0 Å². The van der Waals surface area contributed by atoms with E-state index in [1.54, 1.807) is 12.1 Å². The predicted octanol–water partition coefficient (Wildman–Crippen LogP) is 2.97. The monoisotopic (exact) mass is 298 g/mol. The Kier molecular flexibility index (Phi) is 5.31. The van der Waals surface area contributed by atoms with Crippen LogP contribution in [0, 0.1) is 5.82 Å². The summed E-state index contributed by atoms with van der Waals surface area (Å²) in [7, 11) is 0. The van der Waals surface area contributed by atoms with E-state index < -0.39 is 5.82 Å². The molecule has 2 N–H and O–H groups in total. The van der Waals surface area contributed by atoms with E-state index in [1.165, 1.54) is 6.07 Å². The molecule has 20 heavy (non-hydrogen) atoms. The van der Waals surface area contributed by atoms with Gasteiger partial charge in [-0.3, -0.25) is 0 Å². The highest BCUT2D eigenvalue weighted by Gasteiger charge is 2.06. The lowest BCUT2D eigenvalue weighted by atomic mass is 10.2. The number of anilines is 1. The van der Waals surface area contributed by atoms with Crippen molar-refractivity contribution in [2.75, 3.05) is 11.9 Å². The van der Waals surface area contributed by atoms with Crippen LogP contribution in [0.2, 0.25) is 5.02 Å². The number of nitrogens with zero attached hydrogens (tertiary/aromatic N) is 2. The van der Waals surface area contributed by atoms with Crippen LogP contribution in [-0.4, -0.2) is 16.7 Å². The molecule has 0 unspecified atom stereocenters. The fraction of sp³-hybridized carbons (Fsp3) is 0.385. The van der Waals surface area contributed by atoms with Gasteiger partial charge in [0, 0.05) is 6.54 Å². The maximum absolute atomic E-state index is 13.0. The molecule has 7 heteroatoms. The first kappa shape index (κ1) is 14.7. The van der Waals surface area contributed by atoms with Crippen LogP contribution in [-0.2, 0) is 13.1 Å². The second-order valence-electron chi connectivity index (χ2n) is 4.28. The summed E-state index contributed by atoms with van der Waals surface area (Å²) in [5.74, 6) is 0.0931. The fourth-order valence-electron chi connectivity index (χ4n) is 1.60. The zero-order valence-corrected chi connectivity index (χ0v) is 11.9. The van der Waals surface area contributed by atoms with E-state index in [2.05, 4.69) is 27.8 Å². The summed E-state index contributed by atoms with van der Waals surface area (Å²) in [4.78, 5) is 0. The molecule has 0 aliphatic heterocycles. The summed E-state index contributed by atoms with van der Waals surface area (Å²) in [6.45, 7) is 3.97. The first-order valence-electron chi connectivity index (χ1n) is 6.40. The average molecular weight is 299 g/mol. The van der Waals surface area contributed by atoms with Gasteiger partial charge in [-0.15, -0.1) is 5.10 Å². The number of aromatic nitrogens is 2. The van der Waals surface area contributed by atoms with Crippen molar-refractivity contribution in [3.8, 4) is 0 Å². The van der Waals surface area contributed by atoms with Crippen molar-refractivity contribution in [3.63, 3.8) is 0 Å². The third-order valence-corrected chi connectivity index (χ3v) is 2.89. The molecule has 0 aliphatic rings. The molecule has 0 aliphatic carbocycles. The Morgan fingerprint density at radius 3 is 2.90 bits per heavy atom. The van der Waals surface area contributed by atoms with Crippen molar-refractivity contribution >= 4 is 17.6 Å². The van der Waals surface area contributed by atoms with Gasteiger partial charge in [0.05, 0.1) is 11.6 Å². The molecule has 0 fully saturated rings. The summed E-state index contributed by atoms with van der Waals surface area (Å²) < 4.78 is 18.4. The Labute approximate surface area is 121 Å². The second kappa shape index (κ2) is 7.21. The van der Waals surface area contributed by atoms with Gasteiger partial charge < -0.3 is 15.1 Å². The van der Waals surface area contributed by atoms with E-state index in [-0.39, 0.29) is 5.02 Å². The summed E-state index contributed by atoms with van der Waals surface area (Å²) in [6.07, 6.45) is 1.05.